The minimum Gasteiger partial charge on any atom is -0.416 e. The second kappa shape index (κ2) is 6.74. The molecule has 12 heteroatoms. The smallest absolute Gasteiger partial charge is 0.416 e. The monoisotopic (exact) mass is 406 g/mol. The fourth-order valence-corrected chi connectivity index (χ4v) is 1.87. The van der Waals surface area contributed by atoms with Crippen LogP contribution in [-0.2, 0) is 12.4 Å². The molecule has 0 amide bonds. The second-order valence-corrected chi connectivity index (χ2v) is 4.98. The standard InChI is InChI=1S/C15H4F10O2/c16-8-4-9(17)11(19)12(10(8)18)27-13(26)5-1-6(14(20,21)22)3-7(2-5)15(23,24)25/h1-4H. The van der Waals surface area contributed by atoms with Crippen LogP contribution in [0.5, 0.6) is 5.75 Å². The summed E-state index contributed by atoms with van der Waals surface area (Å²) < 4.78 is 133. The van der Waals surface area contributed by atoms with Crippen molar-refractivity contribution < 1.29 is 53.4 Å². The molecule has 0 heterocycles. The summed E-state index contributed by atoms with van der Waals surface area (Å²) in [6, 6.07) is -0.708. The van der Waals surface area contributed by atoms with Gasteiger partial charge < -0.3 is 4.74 Å². The predicted molar refractivity (Wildman–Crippen MR) is 67.7 cm³/mol. The first-order chi connectivity index (χ1) is 12.2. The van der Waals surface area contributed by atoms with E-state index in [-0.39, 0.29) is 24.3 Å². The van der Waals surface area contributed by atoms with Crippen LogP contribution in [-0.4, -0.2) is 5.97 Å². The van der Waals surface area contributed by atoms with Crippen molar-refractivity contribution in [3.8, 4) is 5.75 Å². The number of hydrogen-bond acceptors (Lipinski definition) is 2. The third kappa shape index (κ3) is 4.31. The van der Waals surface area contributed by atoms with Crippen LogP contribution in [0.1, 0.15) is 21.5 Å². The van der Waals surface area contributed by atoms with E-state index in [1.807, 2.05) is 0 Å². The maximum absolute atomic E-state index is 13.4. The Labute approximate surface area is 143 Å². The Bertz CT molecular complexity index is 840. The van der Waals surface area contributed by atoms with Gasteiger partial charge in [0.15, 0.2) is 11.6 Å². The molecule has 0 aliphatic carbocycles. The Morgan fingerprint density at radius 1 is 0.704 bits per heavy atom. The number of carbonyl (C=O) groups excluding carboxylic acids is 1. The molecule has 0 aliphatic heterocycles. The average molecular weight is 406 g/mol. The van der Waals surface area contributed by atoms with E-state index in [1.54, 1.807) is 0 Å². The zero-order valence-electron chi connectivity index (χ0n) is 12.4. The first kappa shape index (κ1) is 20.5. The van der Waals surface area contributed by atoms with Crippen molar-refractivity contribution in [3.63, 3.8) is 0 Å². The number of rotatable bonds is 2. The number of halogens is 10. The van der Waals surface area contributed by atoms with Gasteiger partial charge in [-0.05, 0) is 18.2 Å². The Morgan fingerprint density at radius 2 is 1.11 bits per heavy atom. The Balaban J connectivity index is 2.54. The number of esters is 1. The lowest BCUT2D eigenvalue weighted by Gasteiger charge is -2.14. The molecule has 0 bridgehead atoms. The summed E-state index contributed by atoms with van der Waals surface area (Å²) in [6.45, 7) is 0. The molecule has 146 valence electrons. The van der Waals surface area contributed by atoms with E-state index in [9.17, 15) is 48.7 Å². The molecule has 2 rings (SSSR count). The molecule has 0 aliphatic rings. The molecule has 0 unspecified atom stereocenters. The molecule has 0 saturated carbocycles. The van der Waals surface area contributed by atoms with Crippen molar-refractivity contribution in [3.05, 3.63) is 64.2 Å². The lowest BCUT2D eigenvalue weighted by Crippen LogP contribution is -2.17. The minimum absolute atomic E-state index is 0.0803. The van der Waals surface area contributed by atoms with Crippen LogP contribution in [0.3, 0.4) is 0 Å². The van der Waals surface area contributed by atoms with Crippen LogP contribution < -0.4 is 4.74 Å². The predicted octanol–water partition coefficient (Wildman–Crippen LogP) is 5.50. The summed E-state index contributed by atoms with van der Waals surface area (Å²) in [6.07, 6.45) is -10.6. The fourth-order valence-electron chi connectivity index (χ4n) is 1.87. The van der Waals surface area contributed by atoms with Gasteiger partial charge in [0, 0.05) is 6.07 Å². The van der Waals surface area contributed by atoms with E-state index in [2.05, 4.69) is 4.74 Å². The van der Waals surface area contributed by atoms with Gasteiger partial charge in [0.05, 0.1) is 16.7 Å². The van der Waals surface area contributed by atoms with Crippen molar-refractivity contribution in [1.82, 2.24) is 0 Å². The van der Waals surface area contributed by atoms with E-state index in [4.69, 9.17) is 0 Å². The molecule has 0 fully saturated rings. The quantitative estimate of drug-likeness (QED) is 0.285. The van der Waals surface area contributed by atoms with Crippen molar-refractivity contribution >= 4 is 5.97 Å². The average Bonchev–Trinajstić information content (AvgIpc) is 2.54. The first-order valence-electron chi connectivity index (χ1n) is 6.56. The van der Waals surface area contributed by atoms with E-state index in [0.717, 1.165) is 0 Å². The lowest BCUT2D eigenvalue weighted by atomic mass is 10.0. The topological polar surface area (TPSA) is 26.3 Å². The fraction of sp³-hybridized carbons (Fsp3) is 0.133. The number of carbonyl (C=O) groups is 1. The molecule has 27 heavy (non-hydrogen) atoms. The van der Waals surface area contributed by atoms with Crippen LogP contribution in [0, 0.1) is 23.3 Å². The molecule has 0 atom stereocenters. The molecule has 0 spiro atoms. The van der Waals surface area contributed by atoms with Gasteiger partial charge in [-0.2, -0.15) is 35.1 Å². The van der Waals surface area contributed by atoms with Gasteiger partial charge in [-0.1, -0.05) is 0 Å². The van der Waals surface area contributed by atoms with Gasteiger partial charge in [0.25, 0.3) is 0 Å². The van der Waals surface area contributed by atoms with Gasteiger partial charge in [-0.15, -0.1) is 0 Å². The summed E-state index contributed by atoms with van der Waals surface area (Å²) in [5.74, 6) is -12.5. The van der Waals surface area contributed by atoms with Crippen molar-refractivity contribution in [1.29, 1.82) is 0 Å². The summed E-state index contributed by atoms with van der Waals surface area (Å²) in [7, 11) is 0. The van der Waals surface area contributed by atoms with Gasteiger partial charge in [0.1, 0.15) is 0 Å². The van der Waals surface area contributed by atoms with E-state index in [0.29, 0.717) is 0 Å². The van der Waals surface area contributed by atoms with E-state index >= 15 is 0 Å². The highest BCUT2D eigenvalue weighted by molar-refractivity contribution is 5.91. The lowest BCUT2D eigenvalue weighted by molar-refractivity contribution is -0.143. The van der Waals surface area contributed by atoms with E-state index in [1.165, 1.54) is 0 Å². The summed E-state index contributed by atoms with van der Waals surface area (Å²) >= 11 is 0. The zero-order chi connectivity index (χ0) is 20.7. The largest absolute Gasteiger partial charge is 0.416 e. The maximum Gasteiger partial charge on any atom is 0.416 e. The Kier molecular flexibility index (Phi) is 5.12. The number of ether oxygens (including phenoxy) is 1. The van der Waals surface area contributed by atoms with Gasteiger partial charge >= 0.3 is 18.3 Å². The molecule has 2 aromatic rings. The highest BCUT2D eigenvalue weighted by Crippen LogP contribution is 2.37. The molecule has 0 aromatic heterocycles. The second-order valence-electron chi connectivity index (χ2n) is 4.98. The molecule has 0 N–H and O–H groups in total. The van der Waals surface area contributed by atoms with Gasteiger partial charge in [-0.25, -0.2) is 13.6 Å². The zero-order valence-corrected chi connectivity index (χ0v) is 12.4. The van der Waals surface area contributed by atoms with Crippen LogP contribution in [0.25, 0.3) is 0 Å². The summed E-state index contributed by atoms with van der Waals surface area (Å²) in [5, 5.41) is 0. The SMILES string of the molecule is O=C(Oc1c(F)c(F)cc(F)c1F)c1cc(C(F)(F)F)cc(C(F)(F)F)c1. The molecule has 0 radical (unpaired) electrons. The van der Waals surface area contributed by atoms with Crippen LogP contribution in [0.2, 0.25) is 0 Å². The van der Waals surface area contributed by atoms with Crippen molar-refractivity contribution in [2.45, 2.75) is 12.4 Å². The minimum atomic E-state index is -5.31. The molecular weight excluding hydrogens is 402 g/mol. The molecular formula is C15H4F10O2. The highest BCUT2D eigenvalue weighted by atomic mass is 19.4. The van der Waals surface area contributed by atoms with Crippen LogP contribution >= 0.6 is 0 Å². The third-order valence-electron chi connectivity index (χ3n) is 3.09. The Morgan fingerprint density at radius 3 is 1.48 bits per heavy atom. The van der Waals surface area contributed by atoms with Crippen molar-refractivity contribution in [2.75, 3.05) is 0 Å². The number of benzene rings is 2. The van der Waals surface area contributed by atoms with Crippen molar-refractivity contribution in [2.24, 2.45) is 0 Å². The van der Waals surface area contributed by atoms with Gasteiger partial charge in [-0.3, -0.25) is 0 Å². The summed E-state index contributed by atoms with van der Waals surface area (Å²) in [4.78, 5) is 11.8. The molecule has 2 nitrogen and oxygen atoms in total. The summed E-state index contributed by atoms with van der Waals surface area (Å²) in [5.41, 5.74) is -5.22. The maximum atomic E-state index is 13.4. The van der Waals surface area contributed by atoms with E-state index < -0.39 is 64.0 Å². The van der Waals surface area contributed by atoms with Crippen LogP contribution in [0.15, 0.2) is 24.3 Å². The third-order valence-corrected chi connectivity index (χ3v) is 3.09. The first-order valence-corrected chi connectivity index (χ1v) is 6.56. The molecule has 0 saturated heterocycles. The highest BCUT2D eigenvalue weighted by Gasteiger charge is 2.38. The van der Waals surface area contributed by atoms with Gasteiger partial charge in [0.2, 0.25) is 17.4 Å². The molecule has 2 aromatic carbocycles. The Hall–Kier alpha value is -2.79. The normalized spacial score (nSPS) is 12.2. The number of hydrogen-bond donors (Lipinski definition) is 0. The van der Waals surface area contributed by atoms with Crippen LogP contribution in [0.4, 0.5) is 43.9 Å². The number of alkyl halides is 6.